The third-order valence-electron chi connectivity index (χ3n) is 11.0. The molecule has 0 radical (unpaired) electrons. The number of nitrogens with one attached hydrogen (secondary N) is 1. The molecule has 290 valence electrons. The lowest BCUT2D eigenvalue weighted by atomic mass is 9.96. The van der Waals surface area contributed by atoms with Gasteiger partial charge in [0.05, 0.1) is 34.9 Å². The number of nitrogens with zero attached hydrogens (tertiary/aromatic N) is 10. The fourth-order valence-electron chi connectivity index (χ4n) is 7.96. The molecule has 3 aliphatic heterocycles. The Bertz CT molecular complexity index is 2730. The number of carbonyl (C=O) groups excluding carboxylic acids is 4. The zero-order valence-corrected chi connectivity index (χ0v) is 31.9. The number of piperidine rings is 1. The van der Waals surface area contributed by atoms with Crippen molar-refractivity contribution in [3.8, 4) is 22.6 Å². The van der Waals surface area contributed by atoms with Crippen molar-refractivity contribution < 1.29 is 23.9 Å². The van der Waals surface area contributed by atoms with Crippen LogP contribution in [0.25, 0.3) is 16.8 Å². The maximum atomic E-state index is 13.4. The molecular weight excluding hydrogens is 762 g/mol. The van der Waals surface area contributed by atoms with Crippen molar-refractivity contribution in [1.29, 1.82) is 0 Å². The van der Waals surface area contributed by atoms with Gasteiger partial charge in [0, 0.05) is 47.4 Å². The molecule has 3 aromatic carbocycles. The lowest BCUT2D eigenvalue weighted by Gasteiger charge is -2.27. The number of aryl methyl sites for hydroxylation is 3. The highest BCUT2D eigenvalue weighted by Crippen LogP contribution is 2.52. The molecule has 1 atom stereocenters. The Balaban J connectivity index is 0.806. The van der Waals surface area contributed by atoms with Gasteiger partial charge in [-0.05, 0) is 74.6 Å². The van der Waals surface area contributed by atoms with E-state index in [1.54, 1.807) is 23.0 Å². The number of hydrogen-bond acceptors (Lipinski definition) is 11. The highest BCUT2D eigenvalue weighted by atomic mass is 35.5. The van der Waals surface area contributed by atoms with E-state index in [2.05, 4.69) is 53.7 Å². The number of imide groups is 2. The van der Waals surface area contributed by atoms with Gasteiger partial charge >= 0.3 is 0 Å². The van der Waals surface area contributed by atoms with Crippen molar-refractivity contribution in [2.24, 2.45) is 4.99 Å². The number of hydrogen-bond donors (Lipinski definition) is 1. The normalized spacial score (nSPS) is 17.8. The van der Waals surface area contributed by atoms with Gasteiger partial charge in [-0.2, -0.15) is 5.10 Å². The number of aromatic nitrogens is 8. The third kappa shape index (κ3) is 6.07. The van der Waals surface area contributed by atoms with Gasteiger partial charge < -0.3 is 4.74 Å². The van der Waals surface area contributed by atoms with Crippen LogP contribution in [0.4, 0.5) is 0 Å². The van der Waals surface area contributed by atoms with Gasteiger partial charge in [0.15, 0.2) is 5.82 Å². The zero-order chi connectivity index (χ0) is 39.7. The predicted octanol–water partition coefficient (Wildman–Crippen LogP) is 4.59. The minimum atomic E-state index is -1.06. The summed E-state index contributed by atoms with van der Waals surface area (Å²) in [4.78, 5) is 57.0. The number of halogens is 1. The molecule has 1 N–H and O–H groups in total. The van der Waals surface area contributed by atoms with Crippen LogP contribution in [0, 0.1) is 6.92 Å². The van der Waals surface area contributed by atoms with Gasteiger partial charge in [-0.3, -0.25) is 48.3 Å². The molecule has 1 unspecified atom stereocenters. The Morgan fingerprint density at radius 1 is 0.879 bits per heavy atom. The summed E-state index contributed by atoms with van der Waals surface area (Å²) in [5.41, 5.74) is 6.18. The summed E-state index contributed by atoms with van der Waals surface area (Å²) in [5.74, 6) is -0.454. The second-order valence-electron chi connectivity index (χ2n) is 14.9. The average molecular weight is 796 g/mol. The van der Waals surface area contributed by atoms with Crippen LogP contribution in [0.5, 0.6) is 5.75 Å². The Morgan fingerprint density at radius 2 is 1.69 bits per heavy atom. The van der Waals surface area contributed by atoms with E-state index >= 15 is 0 Å². The van der Waals surface area contributed by atoms with Crippen molar-refractivity contribution in [3.63, 3.8) is 0 Å². The molecule has 2 fully saturated rings. The summed E-state index contributed by atoms with van der Waals surface area (Å²) >= 11 is 6.27. The van der Waals surface area contributed by atoms with Crippen molar-refractivity contribution >= 4 is 40.9 Å². The smallest absolute Gasteiger partial charge is 0.266 e. The number of carbonyl (C=O) groups is 4. The van der Waals surface area contributed by atoms with Gasteiger partial charge in [0.1, 0.15) is 35.5 Å². The molecular formula is C41H34ClN11O5. The molecule has 17 heteroatoms. The quantitative estimate of drug-likeness (QED) is 0.192. The molecule has 6 heterocycles. The van der Waals surface area contributed by atoms with E-state index in [4.69, 9.17) is 21.3 Å². The fraction of sp³-hybridized carbons (Fsp3) is 0.268. The number of amides is 4. The molecule has 58 heavy (non-hydrogen) atoms. The summed E-state index contributed by atoms with van der Waals surface area (Å²) in [6, 6.07) is 17.8. The minimum Gasteiger partial charge on any atom is -0.486 e. The first-order chi connectivity index (χ1) is 28.2. The molecule has 16 nitrogen and oxygen atoms in total. The van der Waals surface area contributed by atoms with E-state index < -0.39 is 35.2 Å². The highest BCUT2D eigenvalue weighted by molar-refractivity contribution is 6.30. The molecule has 1 saturated carbocycles. The molecule has 10 rings (SSSR count). The van der Waals surface area contributed by atoms with E-state index in [-0.39, 0.29) is 36.3 Å². The number of ether oxygens (including phenoxy) is 1. The Morgan fingerprint density at radius 3 is 2.50 bits per heavy atom. The van der Waals surface area contributed by atoms with Crippen molar-refractivity contribution in [2.45, 2.75) is 70.3 Å². The van der Waals surface area contributed by atoms with Crippen LogP contribution in [0.3, 0.4) is 0 Å². The van der Waals surface area contributed by atoms with Crippen LogP contribution in [0.2, 0.25) is 5.02 Å². The van der Waals surface area contributed by atoms with Gasteiger partial charge in [-0.25, -0.2) is 0 Å². The molecule has 1 spiro atoms. The summed E-state index contributed by atoms with van der Waals surface area (Å²) in [5, 5.41) is 25.0. The fourth-order valence-corrected chi connectivity index (χ4v) is 8.08. The van der Waals surface area contributed by atoms with E-state index in [9.17, 15) is 19.2 Å². The van der Waals surface area contributed by atoms with Crippen LogP contribution in [0.1, 0.15) is 81.3 Å². The van der Waals surface area contributed by atoms with Gasteiger partial charge in [0.2, 0.25) is 11.8 Å². The van der Waals surface area contributed by atoms with Crippen LogP contribution in [-0.4, -0.2) is 79.8 Å². The van der Waals surface area contributed by atoms with Gasteiger partial charge in [-0.15, -0.1) is 15.3 Å². The highest BCUT2D eigenvalue weighted by Gasteiger charge is 2.51. The average Bonchev–Trinajstić information content (AvgIpc) is 3.51. The number of aliphatic imine (C=N–C) groups is 1. The van der Waals surface area contributed by atoms with Crippen LogP contribution >= 0.6 is 11.6 Å². The molecule has 6 aromatic rings. The van der Waals surface area contributed by atoms with Crippen molar-refractivity contribution in [3.05, 3.63) is 124 Å². The Kier molecular flexibility index (Phi) is 8.40. The zero-order valence-electron chi connectivity index (χ0n) is 31.1. The minimum absolute atomic E-state index is 0.00327. The van der Waals surface area contributed by atoms with Crippen molar-refractivity contribution in [1.82, 2.24) is 49.8 Å². The lowest BCUT2D eigenvalue weighted by Crippen LogP contribution is -2.54. The summed E-state index contributed by atoms with van der Waals surface area (Å²) in [6.07, 6.45) is 8.32. The van der Waals surface area contributed by atoms with E-state index in [1.165, 1.54) is 6.07 Å². The van der Waals surface area contributed by atoms with Gasteiger partial charge in [-0.1, -0.05) is 41.1 Å². The number of benzene rings is 3. The maximum absolute atomic E-state index is 13.4. The largest absolute Gasteiger partial charge is 0.486 e. The van der Waals surface area contributed by atoms with Crippen LogP contribution in [-0.2, 0) is 34.8 Å². The van der Waals surface area contributed by atoms with Crippen molar-refractivity contribution in [2.75, 3.05) is 0 Å². The summed E-state index contributed by atoms with van der Waals surface area (Å²) < 4.78 is 11.7. The SMILES string of the molecule is Cc1nnc2n1-c1ccc(-c3cnn(CCCn4cc(COc5cccc6c5C(=O)N(C5CCC(=O)NC5=O)C6=O)nn4)c3)cc1C(c1ccc(Cl)cc1)=NC21CC1. The second-order valence-corrected chi connectivity index (χ2v) is 15.3. The number of fused-ring (bicyclic) bond motifs is 5. The lowest BCUT2D eigenvalue weighted by molar-refractivity contribution is -0.136. The number of rotatable bonds is 10. The molecule has 1 aliphatic carbocycles. The van der Waals surface area contributed by atoms with E-state index in [0.717, 1.165) is 69.5 Å². The predicted molar refractivity (Wildman–Crippen MR) is 207 cm³/mol. The maximum Gasteiger partial charge on any atom is 0.266 e. The first-order valence-electron chi connectivity index (χ1n) is 19.0. The van der Waals surface area contributed by atoms with Gasteiger partial charge in [0.25, 0.3) is 11.8 Å². The summed E-state index contributed by atoms with van der Waals surface area (Å²) in [6.45, 7) is 3.18. The topological polar surface area (TPSA) is 184 Å². The molecule has 1 saturated heterocycles. The van der Waals surface area contributed by atoms with E-state index in [1.807, 2.05) is 48.3 Å². The molecule has 3 aromatic heterocycles. The van der Waals surface area contributed by atoms with Crippen LogP contribution < -0.4 is 10.1 Å². The Labute approximate surface area is 335 Å². The summed E-state index contributed by atoms with van der Waals surface area (Å²) in [7, 11) is 0. The molecule has 0 bridgehead atoms. The third-order valence-corrected chi connectivity index (χ3v) is 11.3. The standard InChI is InChI=1S/C41H34ClN11O5/c1-23-46-48-40-41(14-15-41)45-36(24-6-9-27(42)10-7-24)30-18-25(8-11-31(30)52(23)40)26-19-43-50(20-26)16-3-17-51-21-28(47-49-51)22-58-33-5-2-4-29-35(33)39(57)53(38(29)56)32-12-13-34(54)44-37(32)55/h2,4-11,18-21,32H,3,12-17,22H2,1H3,(H,44,54,55). The first-order valence-corrected chi connectivity index (χ1v) is 19.4. The first kappa shape index (κ1) is 35.6. The molecule has 4 aliphatic rings. The van der Waals surface area contributed by atoms with E-state index in [0.29, 0.717) is 23.8 Å². The van der Waals surface area contributed by atoms with Crippen LogP contribution in [0.15, 0.2) is 84.2 Å². The Hall–Kier alpha value is -6.81. The molecule has 4 amide bonds. The second kappa shape index (κ2) is 13.7. The monoisotopic (exact) mass is 795 g/mol.